The van der Waals surface area contributed by atoms with Crippen LogP contribution in [0.3, 0.4) is 0 Å². The van der Waals surface area contributed by atoms with Gasteiger partial charge in [-0.3, -0.25) is 23.3 Å². The van der Waals surface area contributed by atoms with E-state index in [4.69, 9.17) is 34.7 Å². The Labute approximate surface area is 252 Å². The molecule has 42 heavy (non-hydrogen) atoms. The summed E-state index contributed by atoms with van der Waals surface area (Å²) >= 11 is 6.16. The second-order valence-electron chi connectivity index (χ2n) is 11.8. The zero-order chi connectivity index (χ0) is 30.7. The quantitative estimate of drug-likeness (QED) is 0.135. The molecule has 226 valence electrons. The Hall–Kier alpha value is -2.19. The minimum absolute atomic E-state index is 0.0300. The van der Waals surface area contributed by atoms with E-state index in [-0.39, 0.29) is 33.7 Å². The lowest BCUT2D eigenvalue weighted by Gasteiger charge is -2.31. The Balaban J connectivity index is 1.65. The molecule has 0 saturated heterocycles. The van der Waals surface area contributed by atoms with Gasteiger partial charge < -0.3 is 14.2 Å². The first-order chi connectivity index (χ1) is 19.7. The molecule has 2 aromatic carbocycles. The van der Waals surface area contributed by atoms with E-state index in [1.807, 2.05) is 30.3 Å². The molecule has 1 unspecified atom stereocenters. The molecule has 1 N–H and O–H groups in total. The molecular weight excluding hydrogens is 598 g/mol. The summed E-state index contributed by atoms with van der Waals surface area (Å²) in [6.07, 6.45) is 3.37. The van der Waals surface area contributed by atoms with E-state index in [2.05, 4.69) is 0 Å². The van der Waals surface area contributed by atoms with Crippen LogP contribution in [-0.4, -0.2) is 32.5 Å². The molecule has 0 amide bonds. The molecule has 0 aliphatic carbocycles. The Kier molecular flexibility index (Phi) is 10.3. The number of nitrogens with zero attached hydrogens (tertiary/aromatic N) is 2. The lowest BCUT2D eigenvalue weighted by molar-refractivity contribution is -0.00568. The molecule has 2 atom stereocenters. The fraction of sp³-hybridized carbons (Fsp3) is 0.400. The Morgan fingerprint density at radius 2 is 1.76 bits per heavy atom. The number of hydrogen-bond acceptors (Lipinski definition) is 8. The normalized spacial score (nSPS) is 13.9. The Morgan fingerprint density at radius 3 is 2.40 bits per heavy atom. The number of rotatable bonds is 11. The third kappa shape index (κ3) is 8.68. The SMILES string of the molecule is CC(C)(C)OP(=O)(OCn1ccc(=O)c2ccc3cc(PO[C@@H](CCO)c4cccc(Cl)c4)cnc3c21)OC(C)(C)C. The summed E-state index contributed by atoms with van der Waals surface area (Å²) in [4.78, 5) is 17.5. The van der Waals surface area contributed by atoms with E-state index in [0.29, 0.717) is 27.9 Å². The van der Waals surface area contributed by atoms with Crippen LogP contribution in [0.2, 0.25) is 5.02 Å². The first-order valence-electron chi connectivity index (χ1n) is 13.5. The van der Waals surface area contributed by atoms with Crippen LogP contribution in [0.4, 0.5) is 0 Å². The standard InChI is InChI=1S/C30H37ClN2O7P2/c1-29(2,3)39-42(36,40-30(4,5)6)37-19-33-14-12-25(35)24-11-10-21-17-23(18-32-27(21)28(24)33)41-38-26(13-15-34)20-8-7-9-22(31)16-20/h7-12,14,16-18,26,34,41H,13,15,19H2,1-6H3/t26-/m0/s1. The van der Waals surface area contributed by atoms with Crippen molar-refractivity contribution in [3.05, 3.63) is 81.7 Å². The molecule has 12 heteroatoms. The van der Waals surface area contributed by atoms with Crippen molar-refractivity contribution < 1.29 is 27.8 Å². The Bertz CT molecular complexity index is 1640. The largest absolute Gasteiger partial charge is 0.477 e. The number of pyridine rings is 2. The van der Waals surface area contributed by atoms with Crippen molar-refractivity contribution in [2.75, 3.05) is 6.61 Å². The average Bonchev–Trinajstić information content (AvgIpc) is 2.88. The maximum atomic E-state index is 13.6. The monoisotopic (exact) mass is 634 g/mol. The zero-order valence-corrected chi connectivity index (χ0v) is 27.2. The minimum atomic E-state index is -4.00. The third-order valence-corrected chi connectivity index (χ3v) is 8.96. The number of aliphatic hydroxyl groups is 1. The van der Waals surface area contributed by atoms with Gasteiger partial charge in [0, 0.05) is 61.4 Å². The van der Waals surface area contributed by atoms with Gasteiger partial charge in [-0.2, -0.15) is 0 Å². The number of phosphoric acid groups is 1. The van der Waals surface area contributed by atoms with E-state index in [9.17, 15) is 14.5 Å². The molecule has 0 fully saturated rings. The van der Waals surface area contributed by atoms with Crippen molar-refractivity contribution in [2.45, 2.75) is 72.0 Å². The first-order valence-corrected chi connectivity index (χ1v) is 16.3. The van der Waals surface area contributed by atoms with Gasteiger partial charge in [-0.05, 0) is 71.4 Å². The van der Waals surface area contributed by atoms with Crippen molar-refractivity contribution in [1.29, 1.82) is 0 Å². The number of aromatic nitrogens is 2. The highest BCUT2D eigenvalue weighted by Gasteiger charge is 2.37. The van der Waals surface area contributed by atoms with Crippen molar-refractivity contribution in [3.63, 3.8) is 0 Å². The van der Waals surface area contributed by atoms with Gasteiger partial charge in [0.05, 0.1) is 28.3 Å². The van der Waals surface area contributed by atoms with Crippen molar-refractivity contribution >= 4 is 55.3 Å². The van der Waals surface area contributed by atoms with Crippen molar-refractivity contribution in [2.24, 2.45) is 0 Å². The van der Waals surface area contributed by atoms with E-state index in [0.717, 1.165) is 16.3 Å². The molecule has 0 radical (unpaired) electrons. The van der Waals surface area contributed by atoms with Crippen LogP contribution in [0.1, 0.15) is 59.6 Å². The fourth-order valence-electron chi connectivity index (χ4n) is 4.29. The second-order valence-corrected chi connectivity index (χ2v) is 14.8. The predicted molar refractivity (Wildman–Crippen MR) is 169 cm³/mol. The van der Waals surface area contributed by atoms with Crippen LogP contribution in [0.15, 0.2) is 65.7 Å². The van der Waals surface area contributed by atoms with E-state index in [1.165, 1.54) is 6.07 Å². The van der Waals surface area contributed by atoms with Gasteiger partial charge in [0.1, 0.15) is 6.73 Å². The Morgan fingerprint density at radius 1 is 1.05 bits per heavy atom. The average molecular weight is 635 g/mol. The number of benzene rings is 2. The smallest absolute Gasteiger partial charge is 0.396 e. The van der Waals surface area contributed by atoms with Crippen LogP contribution in [0.5, 0.6) is 0 Å². The molecule has 0 aliphatic rings. The van der Waals surface area contributed by atoms with Gasteiger partial charge in [-0.25, -0.2) is 4.57 Å². The lowest BCUT2D eigenvalue weighted by atomic mass is 10.1. The highest BCUT2D eigenvalue weighted by Crippen LogP contribution is 2.55. The summed E-state index contributed by atoms with van der Waals surface area (Å²) in [5, 5.41) is 12.2. The van der Waals surface area contributed by atoms with Crippen molar-refractivity contribution in [1.82, 2.24) is 9.55 Å². The summed E-state index contributed by atoms with van der Waals surface area (Å²) in [6.45, 7) is 10.4. The molecule has 0 aliphatic heterocycles. The fourth-order valence-corrected chi connectivity index (χ4v) is 7.11. The highest BCUT2D eigenvalue weighted by molar-refractivity contribution is 7.48. The van der Waals surface area contributed by atoms with Crippen LogP contribution < -0.4 is 10.7 Å². The summed E-state index contributed by atoms with van der Waals surface area (Å²) in [5.41, 5.74) is 0.244. The van der Waals surface area contributed by atoms with Gasteiger partial charge in [0.15, 0.2) is 5.43 Å². The minimum Gasteiger partial charge on any atom is -0.396 e. The summed E-state index contributed by atoms with van der Waals surface area (Å²) in [6, 6.07) is 14.3. The molecule has 2 aromatic heterocycles. The number of hydrogen-bond donors (Lipinski definition) is 1. The molecule has 9 nitrogen and oxygen atoms in total. The van der Waals surface area contributed by atoms with E-state index >= 15 is 0 Å². The van der Waals surface area contributed by atoms with Gasteiger partial charge in [0.2, 0.25) is 0 Å². The number of halogens is 1. The topological polar surface area (TPSA) is 109 Å². The number of phosphoric ester groups is 1. The summed E-state index contributed by atoms with van der Waals surface area (Å²) in [7, 11) is -4.05. The highest BCUT2D eigenvalue weighted by atomic mass is 35.5. The van der Waals surface area contributed by atoms with Gasteiger partial charge in [-0.1, -0.05) is 29.8 Å². The molecule has 0 spiro atoms. The van der Waals surface area contributed by atoms with E-state index in [1.54, 1.807) is 70.6 Å². The number of aliphatic hydroxyl groups excluding tert-OH is 1. The first kappa shape index (κ1) is 32.7. The second kappa shape index (κ2) is 13.2. The van der Waals surface area contributed by atoms with Crippen molar-refractivity contribution in [3.8, 4) is 0 Å². The predicted octanol–water partition coefficient (Wildman–Crippen LogP) is 7.27. The van der Waals surface area contributed by atoms with Crippen LogP contribution in [0.25, 0.3) is 21.8 Å². The lowest BCUT2D eigenvalue weighted by Crippen LogP contribution is -2.25. The van der Waals surface area contributed by atoms with Crippen LogP contribution in [0, 0.1) is 0 Å². The molecular formula is C30H37ClN2O7P2. The van der Waals surface area contributed by atoms with Crippen LogP contribution in [-0.2, 0) is 29.4 Å². The summed E-state index contributed by atoms with van der Waals surface area (Å²) < 4.78 is 38.8. The maximum Gasteiger partial charge on any atom is 0.477 e. The molecule has 4 aromatic rings. The maximum absolute atomic E-state index is 13.6. The molecule has 0 saturated carbocycles. The van der Waals surface area contributed by atoms with E-state index < -0.39 is 19.0 Å². The molecule has 4 rings (SSSR count). The van der Waals surface area contributed by atoms with Gasteiger partial charge >= 0.3 is 7.82 Å². The van der Waals surface area contributed by atoms with Crippen LogP contribution >= 0.6 is 28.2 Å². The molecule has 2 heterocycles. The third-order valence-electron chi connectivity index (χ3n) is 5.84. The van der Waals surface area contributed by atoms with Gasteiger partial charge in [-0.15, -0.1) is 0 Å². The zero-order valence-electron chi connectivity index (χ0n) is 24.6. The number of fused-ring (bicyclic) bond motifs is 3. The molecule has 0 bridgehead atoms. The summed E-state index contributed by atoms with van der Waals surface area (Å²) in [5.74, 6) is 0. The van der Waals surface area contributed by atoms with Gasteiger partial charge in [0.25, 0.3) is 0 Å².